The number of rotatable bonds is 20. The molecular formula is C73H89N5O11. The van der Waals surface area contributed by atoms with E-state index < -0.39 is 47.4 Å². The molecule has 16 heteroatoms. The first-order valence-electron chi connectivity index (χ1n) is 32.3. The van der Waals surface area contributed by atoms with Gasteiger partial charge in [0.15, 0.2) is 6.23 Å². The Morgan fingerprint density at radius 1 is 0.663 bits per heavy atom. The largest absolute Gasteiger partial charge is 0.508 e. The van der Waals surface area contributed by atoms with E-state index in [0.717, 1.165) is 86.5 Å². The second kappa shape index (κ2) is 25.4. The molecule has 16 nitrogen and oxygen atoms in total. The summed E-state index contributed by atoms with van der Waals surface area (Å²) in [7, 11) is 0. The molecule has 0 unspecified atom stereocenters. The minimum atomic E-state index is -0.980. The minimum Gasteiger partial charge on any atom is -0.460 e. The van der Waals surface area contributed by atoms with Crippen molar-refractivity contribution in [1.29, 1.82) is 0 Å². The Morgan fingerprint density at radius 2 is 1.29 bits per heavy atom. The summed E-state index contributed by atoms with van der Waals surface area (Å²) in [6.45, 7) is 18.3. The van der Waals surface area contributed by atoms with Crippen molar-refractivity contribution >= 4 is 12.1 Å². The molecule has 12 atom stereocenters. The van der Waals surface area contributed by atoms with Crippen molar-refractivity contribution in [3.8, 4) is 0 Å². The lowest BCUT2D eigenvalue weighted by atomic mass is 9.33. The third-order valence-electron chi connectivity index (χ3n) is 22.5. The summed E-state index contributed by atoms with van der Waals surface area (Å²) >= 11 is 0. The fourth-order valence-corrected chi connectivity index (χ4v) is 17.4. The van der Waals surface area contributed by atoms with Gasteiger partial charge in [0.2, 0.25) is 0 Å². The van der Waals surface area contributed by atoms with Gasteiger partial charge < -0.3 is 33.2 Å². The van der Waals surface area contributed by atoms with E-state index in [1.165, 1.54) is 27.0 Å². The molecule has 12 rings (SSSR count). The highest BCUT2D eigenvalue weighted by molar-refractivity contribution is 5.79. The van der Waals surface area contributed by atoms with Crippen LogP contribution in [0.2, 0.25) is 0 Å². The number of allylic oxidation sites excluding steroid dienone is 2. The van der Waals surface area contributed by atoms with E-state index in [0.29, 0.717) is 24.1 Å². The van der Waals surface area contributed by atoms with E-state index in [1.54, 1.807) is 10.9 Å². The van der Waals surface area contributed by atoms with Crippen molar-refractivity contribution in [2.75, 3.05) is 13.2 Å². The smallest absolute Gasteiger partial charge is 0.460 e. The Kier molecular flexibility index (Phi) is 17.7. The average Bonchev–Trinajstić information content (AvgIpc) is 1.07. The normalized spacial score (nSPS) is 30.8. The first kappa shape index (κ1) is 62.2. The lowest BCUT2D eigenvalue weighted by molar-refractivity contribution is -0.208. The maximum atomic E-state index is 14.5. The number of benzene rings is 4. The van der Waals surface area contributed by atoms with Crippen LogP contribution in [0.4, 0.5) is 4.79 Å². The molecule has 1 saturated heterocycles. The summed E-state index contributed by atoms with van der Waals surface area (Å²) in [5.74, 6) is 0.929. The lowest BCUT2D eigenvalue weighted by Gasteiger charge is -2.71. The second-order valence-corrected chi connectivity index (χ2v) is 28.5. The number of hydrogen-bond acceptors (Lipinski definition) is 13. The van der Waals surface area contributed by atoms with Crippen LogP contribution in [0.1, 0.15) is 147 Å². The molecule has 6 aromatic rings. The summed E-state index contributed by atoms with van der Waals surface area (Å²) in [4.78, 5) is 55.8. The standard InChI is InChI=1S/C73H89N5O11/c1-68(2)35-37-73(65(80)87-47-53-26-18-11-19-27-53)38-36-71(6)55(56(73)42-68)28-29-59-70(5)33-31-60(69(3,4)58(70)30-34-72(59,71)7)89-67(82)84-41-40-76-44-54(74-75-76)48-83-49-57-62(85-45-51-22-14-9-15-23-51)63(86-46-52-24-16-10-17-25-52)64(88-57)77-39-32-61(79)78(66(77)81)43-50-20-12-8-13-21-50/h8-28,32,39,44,56-60,62-64H,29-31,33-38,40-43,45-49H2,1-7H3/t56-,57+,58-,59+,60-,62+,63+,64+,70-,71+,72+,73-/m0/s1. The molecule has 4 saturated carbocycles. The number of ether oxygens (including phenoxy) is 7. The van der Waals surface area contributed by atoms with E-state index in [-0.39, 0.29) is 91.2 Å². The van der Waals surface area contributed by atoms with E-state index in [1.807, 2.05) is 121 Å². The minimum absolute atomic E-state index is 0.0101. The van der Waals surface area contributed by atoms with Crippen LogP contribution in [-0.4, -0.2) is 73.9 Å². The van der Waals surface area contributed by atoms with Gasteiger partial charge in [0.05, 0.1) is 51.1 Å². The Hall–Kier alpha value is -6.98. The average molecular weight is 1210 g/mol. The van der Waals surface area contributed by atoms with Gasteiger partial charge in [-0.3, -0.25) is 18.7 Å². The lowest BCUT2D eigenvalue weighted by Crippen LogP contribution is -2.65. The molecule has 0 amide bonds. The van der Waals surface area contributed by atoms with E-state index in [9.17, 15) is 19.2 Å². The monoisotopic (exact) mass is 1210 g/mol. The van der Waals surface area contributed by atoms with Crippen molar-refractivity contribution in [1.82, 2.24) is 24.1 Å². The Labute approximate surface area is 523 Å². The third-order valence-corrected chi connectivity index (χ3v) is 22.5. The molecule has 89 heavy (non-hydrogen) atoms. The van der Waals surface area contributed by atoms with Gasteiger partial charge in [-0.15, -0.1) is 5.10 Å². The van der Waals surface area contributed by atoms with Crippen molar-refractivity contribution in [2.45, 2.75) is 183 Å². The number of nitrogens with zero attached hydrogens (tertiary/aromatic N) is 5. The zero-order valence-corrected chi connectivity index (χ0v) is 52.9. The fourth-order valence-electron chi connectivity index (χ4n) is 17.4. The molecule has 472 valence electrons. The van der Waals surface area contributed by atoms with Crippen molar-refractivity contribution in [3.63, 3.8) is 0 Å². The van der Waals surface area contributed by atoms with E-state index in [4.69, 9.17) is 33.2 Å². The Balaban J connectivity index is 0.670. The molecular weight excluding hydrogens is 1120 g/mol. The molecule has 5 aliphatic carbocycles. The van der Waals surface area contributed by atoms with Gasteiger partial charge in [-0.1, -0.05) is 187 Å². The van der Waals surface area contributed by atoms with Crippen LogP contribution in [0.3, 0.4) is 0 Å². The highest BCUT2D eigenvalue weighted by Gasteiger charge is 2.70. The van der Waals surface area contributed by atoms with E-state index in [2.05, 4.69) is 64.9 Å². The van der Waals surface area contributed by atoms with Crippen molar-refractivity contribution in [2.24, 2.45) is 50.2 Å². The highest BCUT2D eigenvalue weighted by Crippen LogP contribution is 2.76. The van der Waals surface area contributed by atoms with Crippen LogP contribution in [0.15, 0.2) is 161 Å². The fraction of sp³-hybridized carbons (Fsp3) is 0.534. The number of fused-ring (bicyclic) bond motifs is 7. The first-order chi connectivity index (χ1) is 42.8. The van der Waals surface area contributed by atoms with Crippen LogP contribution in [0.5, 0.6) is 0 Å². The number of hydrogen-bond donors (Lipinski definition) is 0. The van der Waals surface area contributed by atoms with Gasteiger partial charge in [-0.05, 0) is 126 Å². The Bertz CT molecular complexity index is 3590. The molecule has 5 fully saturated rings. The molecule has 0 N–H and O–H groups in total. The topological polar surface area (TPSA) is 173 Å². The molecule has 0 radical (unpaired) electrons. The molecule has 6 aliphatic rings. The number of carbonyl (C=O) groups is 2. The first-order valence-corrected chi connectivity index (χ1v) is 32.3. The van der Waals surface area contributed by atoms with Crippen LogP contribution < -0.4 is 11.2 Å². The SMILES string of the molecule is CC1(C)CC[C@]2(C(=O)OCc3ccccc3)CC[C@]3(C)C(=CC[C@@H]4[C@@]5(C)CC[C@H](OC(=O)OCCn6cc(COC[C@H]7O[C@@H](n8ccc(=O)n(Cc9ccccc9)c8=O)[C@H](OCc8ccccc8)[C@@H]7OCc7ccccc7)nn6)C(C)(C)[C@@H]5CC[C@]43C)[C@@H]2C1. The predicted molar refractivity (Wildman–Crippen MR) is 336 cm³/mol. The van der Waals surface area contributed by atoms with Gasteiger partial charge in [-0.25, -0.2) is 14.3 Å². The van der Waals surface area contributed by atoms with Crippen LogP contribution in [0, 0.1) is 50.2 Å². The van der Waals surface area contributed by atoms with Gasteiger partial charge >= 0.3 is 17.8 Å². The van der Waals surface area contributed by atoms with Crippen LogP contribution >= 0.6 is 0 Å². The molecule has 3 heterocycles. The molecule has 2 aromatic heterocycles. The zero-order valence-electron chi connectivity index (χ0n) is 52.9. The summed E-state index contributed by atoms with van der Waals surface area (Å²) in [6.07, 6.45) is 11.2. The molecule has 4 aromatic carbocycles. The summed E-state index contributed by atoms with van der Waals surface area (Å²) in [5, 5.41) is 8.68. The van der Waals surface area contributed by atoms with Crippen molar-refractivity contribution in [3.05, 3.63) is 200 Å². The summed E-state index contributed by atoms with van der Waals surface area (Å²) in [6, 6.07) is 40.4. The summed E-state index contributed by atoms with van der Waals surface area (Å²) in [5.41, 5.74) is 4.16. The van der Waals surface area contributed by atoms with Crippen molar-refractivity contribution < 1.29 is 42.7 Å². The van der Waals surface area contributed by atoms with Crippen LogP contribution in [0.25, 0.3) is 0 Å². The third kappa shape index (κ3) is 12.3. The second-order valence-electron chi connectivity index (χ2n) is 28.5. The Morgan fingerprint density at radius 3 is 1.97 bits per heavy atom. The number of esters is 1. The highest BCUT2D eigenvalue weighted by atomic mass is 16.7. The maximum absolute atomic E-state index is 14.5. The van der Waals surface area contributed by atoms with Crippen LogP contribution in [-0.2, 0) is 77.5 Å². The van der Waals surface area contributed by atoms with Gasteiger partial charge in [0.1, 0.15) is 43.3 Å². The van der Waals surface area contributed by atoms with E-state index >= 15 is 0 Å². The summed E-state index contributed by atoms with van der Waals surface area (Å²) < 4.78 is 49.0. The zero-order chi connectivity index (χ0) is 62.2. The number of aromatic nitrogens is 5. The maximum Gasteiger partial charge on any atom is 0.508 e. The number of carbonyl (C=O) groups excluding carboxylic acids is 2. The molecule has 0 bridgehead atoms. The molecule has 0 spiro atoms. The van der Waals surface area contributed by atoms with Gasteiger partial charge in [-0.2, -0.15) is 0 Å². The van der Waals surface area contributed by atoms with Gasteiger partial charge in [0.25, 0.3) is 5.56 Å². The predicted octanol–water partition coefficient (Wildman–Crippen LogP) is 13.0. The quantitative estimate of drug-likeness (QED) is 0.0522. The molecule has 1 aliphatic heterocycles. The van der Waals surface area contributed by atoms with Gasteiger partial charge in [0, 0.05) is 17.7 Å².